The summed E-state index contributed by atoms with van der Waals surface area (Å²) in [5.74, 6) is 0.973. The van der Waals surface area contributed by atoms with Crippen LogP contribution in [0, 0.1) is 5.92 Å². The van der Waals surface area contributed by atoms with Crippen molar-refractivity contribution in [1.29, 1.82) is 0 Å². The maximum absolute atomic E-state index is 13.1. The Labute approximate surface area is 144 Å². The van der Waals surface area contributed by atoms with Crippen molar-refractivity contribution in [3.05, 3.63) is 71.8 Å². The van der Waals surface area contributed by atoms with Crippen molar-refractivity contribution in [3.8, 4) is 0 Å². The molecule has 23 heavy (non-hydrogen) atoms. The van der Waals surface area contributed by atoms with Gasteiger partial charge in [0.05, 0.1) is 6.04 Å². The molecule has 3 heteroatoms. The standard InChI is InChI=1S/C20H23NO.ClH/c1-16-12-14-21(15-13-16)19(17-8-4-2-5-9-17)20(22)18-10-6-3-7-11-18;/h2-11,16,19H,12-15H2,1H3;1H. The molecule has 3 rings (SSSR count). The van der Waals surface area contributed by atoms with Crippen LogP contribution in [0.5, 0.6) is 0 Å². The van der Waals surface area contributed by atoms with E-state index in [0.717, 1.165) is 30.1 Å². The Morgan fingerprint density at radius 2 is 1.48 bits per heavy atom. The number of piperidine rings is 1. The summed E-state index contributed by atoms with van der Waals surface area (Å²) in [6, 6.07) is 19.7. The van der Waals surface area contributed by atoms with Crippen LogP contribution in [0.2, 0.25) is 0 Å². The molecule has 0 radical (unpaired) electrons. The first kappa shape index (κ1) is 17.7. The van der Waals surface area contributed by atoms with Gasteiger partial charge in [0.1, 0.15) is 0 Å². The van der Waals surface area contributed by atoms with Gasteiger partial charge in [0.25, 0.3) is 0 Å². The Morgan fingerprint density at radius 1 is 0.957 bits per heavy atom. The molecule has 1 atom stereocenters. The summed E-state index contributed by atoms with van der Waals surface area (Å²) in [6.07, 6.45) is 2.34. The number of Topliss-reactive ketones (excluding diaryl/α,β-unsaturated/α-hetero) is 1. The molecular weight excluding hydrogens is 306 g/mol. The number of carbonyl (C=O) groups is 1. The molecule has 0 aromatic heterocycles. The molecule has 1 aliphatic rings. The SMILES string of the molecule is CC1CCN(C(C(=O)c2ccccc2)c2ccccc2)CC1.Cl. The highest BCUT2D eigenvalue weighted by Gasteiger charge is 2.30. The molecule has 2 aromatic carbocycles. The molecule has 0 spiro atoms. The summed E-state index contributed by atoms with van der Waals surface area (Å²) in [7, 11) is 0. The lowest BCUT2D eigenvalue weighted by molar-refractivity contribution is 0.0749. The third-order valence-corrected chi connectivity index (χ3v) is 4.61. The molecular formula is C20H24ClNO. The van der Waals surface area contributed by atoms with Crippen LogP contribution in [0.3, 0.4) is 0 Å². The van der Waals surface area contributed by atoms with Crippen LogP contribution in [-0.4, -0.2) is 23.8 Å². The van der Waals surface area contributed by atoms with Crippen LogP contribution in [0.1, 0.15) is 41.7 Å². The lowest BCUT2D eigenvalue weighted by Gasteiger charge is -2.36. The molecule has 2 aromatic rings. The summed E-state index contributed by atoms with van der Waals surface area (Å²) in [5, 5.41) is 0. The minimum Gasteiger partial charge on any atom is -0.292 e. The summed E-state index contributed by atoms with van der Waals surface area (Å²) < 4.78 is 0. The van der Waals surface area contributed by atoms with E-state index >= 15 is 0 Å². The molecule has 0 bridgehead atoms. The smallest absolute Gasteiger partial charge is 0.184 e. The van der Waals surface area contributed by atoms with E-state index in [4.69, 9.17) is 0 Å². The molecule has 0 amide bonds. The van der Waals surface area contributed by atoms with E-state index < -0.39 is 0 Å². The van der Waals surface area contributed by atoms with E-state index in [1.807, 2.05) is 48.5 Å². The fourth-order valence-electron chi connectivity index (χ4n) is 3.21. The average molecular weight is 330 g/mol. The largest absolute Gasteiger partial charge is 0.292 e. The highest BCUT2D eigenvalue weighted by Crippen LogP contribution is 2.29. The Balaban J connectivity index is 0.00000192. The summed E-state index contributed by atoms with van der Waals surface area (Å²) in [4.78, 5) is 15.4. The van der Waals surface area contributed by atoms with Gasteiger partial charge >= 0.3 is 0 Å². The van der Waals surface area contributed by atoms with E-state index in [1.54, 1.807) is 0 Å². The Kier molecular flexibility index (Phi) is 6.37. The average Bonchev–Trinajstić information content (AvgIpc) is 2.58. The molecule has 0 aliphatic carbocycles. The summed E-state index contributed by atoms with van der Waals surface area (Å²) in [5.41, 5.74) is 1.90. The maximum atomic E-state index is 13.1. The quantitative estimate of drug-likeness (QED) is 0.753. The first-order valence-electron chi connectivity index (χ1n) is 8.14. The zero-order valence-corrected chi connectivity index (χ0v) is 14.3. The first-order valence-corrected chi connectivity index (χ1v) is 8.14. The minimum absolute atomic E-state index is 0. The number of hydrogen-bond acceptors (Lipinski definition) is 2. The van der Waals surface area contributed by atoms with E-state index in [2.05, 4.69) is 24.0 Å². The summed E-state index contributed by atoms with van der Waals surface area (Å²) in [6.45, 7) is 4.30. The van der Waals surface area contributed by atoms with E-state index in [0.29, 0.717) is 0 Å². The number of benzene rings is 2. The third kappa shape index (κ3) is 4.21. The van der Waals surface area contributed by atoms with E-state index in [9.17, 15) is 4.79 Å². The number of halogens is 1. The molecule has 0 N–H and O–H groups in total. The monoisotopic (exact) mass is 329 g/mol. The van der Waals surface area contributed by atoms with Crippen LogP contribution in [0.4, 0.5) is 0 Å². The van der Waals surface area contributed by atoms with Gasteiger partial charge in [-0.2, -0.15) is 0 Å². The van der Waals surface area contributed by atoms with Gasteiger partial charge in [-0.3, -0.25) is 9.69 Å². The highest BCUT2D eigenvalue weighted by atomic mass is 35.5. The molecule has 1 heterocycles. The van der Waals surface area contributed by atoms with Gasteiger partial charge in [-0.05, 0) is 37.4 Å². The van der Waals surface area contributed by atoms with Crippen molar-refractivity contribution in [1.82, 2.24) is 4.90 Å². The molecule has 1 aliphatic heterocycles. The molecule has 0 saturated carbocycles. The normalized spacial score (nSPS) is 17.3. The zero-order chi connectivity index (χ0) is 15.4. The predicted octanol–water partition coefficient (Wildman–Crippen LogP) is 4.76. The summed E-state index contributed by atoms with van der Waals surface area (Å²) >= 11 is 0. The van der Waals surface area contributed by atoms with Crippen molar-refractivity contribution in [3.63, 3.8) is 0 Å². The van der Waals surface area contributed by atoms with E-state index in [-0.39, 0.29) is 24.2 Å². The number of carbonyl (C=O) groups excluding carboxylic acids is 1. The molecule has 1 fully saturated rings. The van der Waals surface area contributed by atoms with Crippen molar-refractivity contribution in [2.24, 2.45) is 5.92 Å². The Bertz CT molecular complexity index is 606. The van der Waals surface area contributed by atoms with Crippen LogP contribution in [0.25, 0.3) is 0 Å². The van der Waals surface area contributed by atoms with Crippen LogP contribution >= 0.6 is 12.4 Å². The van der Waals surface area contributed by atoms with E-state index in [1.165, 1.54) is 12.8 Å². The van der Waals surface area contributed by atoms with Crippen molar-refractivity contribution in [2.45, 2.75) is 25.8 Å². The maximum Gasteiger partial charge on any atom is 0.184 e. The second-order valence-corrected chi connectivity index (χ2v) is 6.26. The van der Waals surface area contributed by atoms with Gasteiger partial charge in [-0.25, -0.2) is 0 Å². The van der Waals surface area contributed by atoms with Crippen molar-refractivity contribution >= 4 is 18.2 Å². The van der Waals surface area contributed by atoms with Crippen LogP contribution < -0.4 is 0 Å². The number of likely N-dealkylation sites (tertiary alicyclic amines) is 1. The van der Waals surface area contributed by atoms with Gasteiger partial charge in [0.15, 0.2) is 5.78 Å². The first-order chi connectivity index (χ1) is 10.8. The lowest BCUT2D eigenvalue weighted by Crippen LogP contribution is -2.39. The number of nitrogens with zero attached hydrogens (tertiary/aromatic N) is 1. The van der Waals surface area contributed by atoms with Crippen LogP contribution in [0.15, 0.2) is 60.7 Å². The number of hydrogen-bond donors (Lipinski definition) is 0. The van der Waals surface area contributed by atoms with Gasteiger partial charge in [-0.1, -0.05) is 67.6 Å². The molecule has 2 nitrogen and oxygen atoms in total. The highest BCUT2D eigenvalue weighted by molar-refractivity contribution is 6.00. The molecule has 122 valence electrons. The van der Waals surface area contributed by atoms with Crippen LogP contribution in [-0.2, 0) is 0 Å². The number of ketones is 1. The second kappa shape index (κ2) is 8.28. The van der Waals surface area contributed by atoms with Crippen molar-refractivity contribution in [2.75, 3.05) is 13.1 Å². The number of rotatable bonds is 4. The fraction of sp³-hybridized carbons (Fsp3) is 0.350. The van der Waals surface area contributed by atoms with Gasteiger partial charge < -0.3 is 0 Å². The minimum atomic E-state index is -0.156. The predicted molar refractivity (Wildman–Crippen MR) is 97.2 cm³/mol. The molecule has 1 saturated heterocycles. The second-order valence-electron chi connectivity index (χ2n) is 6.26. The topological polar surface area (TPSA) is 20.3 Å². The zero-order valence-electron chi connectivity index (χ0n) is 13.5. The van der Waals surface area contributed by atoms with Gasteiger partial charge in [0, 0.05) is 5.56 Å². The fourth-order valence-corrected chi connectivity index (χ4v) is 3.21. The van der Waals surface area contributed by atoms with Crippen molar-refractivity contribution < 1.29 is 4.79 Å². The Morgan fingerprint density at radius 3 is 2.04 bits per heavy atom. The lowest BCUT2D eigenvalue weighted by atomic mass is 9.92. The van der Waals surface area contributed by atoms with Gasteiger partial charge in [-0.15, -0.1) is 12.4 Å². The Hall–Kier alpha value is -1.64. The third-order valence-electron chi connectivity index (χ3n) is 4.61. The van der Waals surface area contributed by atoms with Gasteiger partial charge in [0.2, 0.25) is 0 Å². The molecule has 1 unspecified atom stereocenters.